The molecule has 1 aromatic carbocycles. The summed E-state index contributed by atoms with van der Waals surface area (Å²) in [6.45, 7) is 5.11. The Balaban J connectivity index is 1.41. The summed E-state index contributed by atoms with van der Waals surface area (Å²) in [5, 5.41) is 12.4. The molecule has 2 aromatic heterocycles. The number of hydrogen-bond donors (Lipinski definition) is 0. The van der Waals surface area contributed by atoms with Crippen LogP contribution in [-0.2, 0) is 6.54 Å². The van der Waals surface area contributed by atoms with Crippen LogP contribution >= 0.6 is 0 Å². The zero-order valence-electron chi connectivity index (χ0n) is 12.3. The van der Waals surface area contributed by atoms with Crippen LogP contribution in [0.4, 0.5) is 5.82 Å². The minimum absolute atomic E-state index is 0.784. The lowest BCUT2D eigenvalue weighted by atomic mass is 10.2. The van der Waals surface area contributed by atoms with E-state index in [0.717, 1.165) is 44.2 Å². The van der Waals surface area contributed by atoms with Crippen LogP contribution in [0.2, 0.25) is 0 Å². The Bertz CT molecular complexity index is 745. The Hall–Kier alpha value is -2.47. The van der Waals surface area contributed by atoms with E-state index in [9.17, 15) is 0 Å². The smallest absolute Gasteiger partial charge is 0.177 e. The van der Waals surface area contributed by atoms with Crippen molar-refractivity contribution in [3.05, 3.63) is 54.4 Å². The summed E-state index contributed by atoms with van der Waals surface area (Å²) in [6, 6.07) is 14.6. The van der Waals surface area contributed by atoms with E-state index >= 15 is 0 Å². The van der Waals surface area contributed by atoms with Crippen molar-refractivity contribution < 1.29 is 0 Å². The molecule has 1 aliphatic rings. The first kappa shape index (κ1) is 13.2. The minimum atomic E-state index is 0.784. The predicted octanol–water partition coefficient (Wildman–Crippen LogP) is 1.45. The van der Waals surface area contributed by atoms with E-state index in [0.29, 0.717) is 0 Å². The van der Waals surface area contributed by atoms with Gasteiger partial charge in [0.25, 0.3) is 0 Å². The molecule has 3 heterocycles. The Labute approximate surface area is 129 Å². The van der Waals surface area contributed by atoms with E-state index in [1.165, 1.54) is 5.56 Å². The number of piperazine rings is 1. The second-order valence-corrected chi connectivity index (χ2v) is 5.57. The van der Waals surface area contributed by atoms with Gasteiger partial charge in [-0.25, -0.2) is 0 Å². The number of anilines is 1. The number of rotatable bonds is 3. The molecule has 0 radical (unpaired) electrons. The molecular formula is C16H18N6. The molecule has 1 saturated heterocycles. The normalized spacial score (nSPS) is 16.3. The van der Waals surface area contributed by atoms with Crippen LogP contribution in [0, 0.1) is 0 Å². The molecule has 1 fully saturated rings. The van der Waals surface area contributed by atoms with Gasteiger partial charge in [0.15, 0.2) is 5.65 Å². The van der Waals surface area contributed by atoms with Gasteiger partial charge in [-0.15, -0.1) is 15.3 Å². The van der Waals surface area contributed by atoms with E-state index in [1.807, 2.05) is 12.1 Å². The average Bonchev–Trinajstić information content (AvgIpc) is 3.04. The van der Waals surface area contributed by atoms with E-state index in [-0.39, 0.29) is 0 Å². The molecule has 1 aliphatic heterocycles. The highest BCUT2D eigenvalue weighted by molar-refractivity contribution is 5.45. The van der Waals surface area contributed by atoms with Gasteiger partial charge in [0, 0.05) is 32.7 Å². The monoisotopic (exact) mass is 294 g/mol. The molecule has 4 rings (SSSR count). The van der Waals surface area contributed by atoms with Gasteiger partial charge >= 0.3 is 0 Å². The fourth-order valence-corrected chi connectivity index (χ4v) is 2.86. The van der Waals surface area contributed by atoms with Crippen LogP contribution in [0.3, 0.4) is 0 Å². The largest absolute Gasteiger partial charge is 0.353 e. The quantitative estimate of drug-likeness (QED) is 0.732. The summed E-state index contributed by atoms with van der Waals surface area (Å²) < 4.78 is 1.73. The number of nitrogens with zero attached hydrogens (tertiary/aromatic N) is 6. The Morgan fingerprint density at radius 2 is 1.73 bits per heavy atom. The SMILES string of the molecule is c1ccc(CN2CCN(c3ccc4nncn4n3)CC2)cc1. The highest BCUT2D eigenvalue weighted by Gasteiger charge is 2.18. The van der Waals surface area contributed by atoms with Crippen molar-refractivity contribution in [2.75, 3.05) is 31.1 Å². The number of fused-ring (bicyclic) bond motifs is 1. The zero-order valence-corrected chi connectivity index (χ0v) is 12.3. The summed E-state index contributed by atoms with van der Waals surface area (Å²) in [4.78, 5) is 4.81. The highest BCUT2D eigenvalue weighted by atomic mass is 15.4. The van der Waals surface area contributed by atoms with Gasteiger partial charge in [0.2, 0.25) is 0 Å². The second-order valence-electron chi connectivity index (χ2n) is 5.57. The van der Waals surface area contributed by atoms with E-state index < -0.39 is 0 Å². The van der Waals surface area contributed by atoms with Crippen molar-refractivity contribution in [1.29, 1.82) is 0 Å². The summed E-state index contributed by atoms with van der Waals surface area (Å²) in [5.74, 6) is 0.992. The molecule has 0 spiro atoms. The van der Waals surface area contributed by atoms with Crippen LogP contribution in [0.5, 0.6) is 0 Å². The van der Waals surface area contributed by atoms with Crippen molar-refractivity contribution in [3.63, 3.8) is 0 Å². The number of aromatic nitrogens is 4. The summed E-state index contributed by atoms with van der Waals surface area (Å²) in [6.07, 6.45) is 1.64. The molecule has 0 atom stereocenters. The Kier molecular flexibility index (Phi) is 3.44. The Morgan fingerprint density at radius 3 is 2.55 bits per heavy atom. The maximum atomic E-state index is 4.57. The van der Waals surface area contributed by atoms with Gasteiger partial charge in [-0.3, -0.25) is 4.90 Å². The lowest BCUT2D eigenvalue weighted by Crippen LogP contribution is -2.46. The van der Waals surface area contributed by atoms with Crippen molar-refractivity contribution in [2.45, 2.75) is 6.54 Å². The highest BCUT2D eigenvalue weighted by Crippen LogP contribution is 2.15. The van der Waals surface area contributed by atoms with E-state index in [4.69, 9.17) is 0 Å². The molecule has 22 heavy (non-hydrogen) atoms. The summed E-state index contributed by atoms with van der Waals surface area (Å²) >= 11 is 0. The van der Waals surface area contributed by atoms with E-state index in [2.05, 4.69) is 55.4 Å². The average molecular weight is 294 g/mol. The van der Waals surface area contributed by atoms with Crippen molar-refractivity contribution in [1.82, 2.24) is 24.7 Å². The Morgan fingerprint density at radius 1 is 0.909 bits per heavy atom. The van der Waals surface area contributed by atoms with Gasteiger partial charge < -0.3 is 4.90 Å². The van der Waals surface area contributed by atoms with Crippen LogP contribution < -0.4 is 4.90 Å². The molecular weight excluding hydrogens is 276 g/mol. The van der Waals surface area contributed by atoms with Gasteiger partial charge in [-0.1, -0.05) is 30.3 Å². The first-order valence-corrected chi connectivity index (χ1v) is 7.57. The van der Waals surface area contributed by atoms with Gasteiger partial charge in [0.05, 0.1) is 0 Å². The third-order valence-corrected chi connectivity index (χ3v) is 4.09. The van der Waals surface area contributed by atoms with Crippen LogP contribution in [0.15, 0.2) is 48.8 Å². The lowest BCUT2D eigenvalue weighted by Gasteiger charge is -2.35. The standard InChI is InChI=1S/C16H18N6/c1-2-4-14(5-3-1)12-20-8-10-21(11-9-20)16-7-6-15-18-17-13-22(15)19-16/h1-7,13H,8-12H2. The molecule has 0 saturated carbocycles. The molecule has 6 heteroatoms. The van der Waals surface area contributed by atoms with Crippen molar-refractivity contribution >= 4 is 11.5 Å². The van der Waals surface area contributed by atoms with Gasteiger partial charge in [-0.2, -0.15) is 4.52 Å². The molecule has 0 N–H and O–H groups in total. The number of benzene rings is 1. The summed E-state index contributed by atoms with van der Waals surface area (Å²) in [7, 11) is 0. The molecule has 0 bridgehead atoms. The third kappa shape index (κ3) is 2.65. The predicted molar refractivity (Wildman–Crippen MR) is 84.7 cm³/mol. The van der Waals surface area contributed by atoms with Gasteiger partial charge in [-0.05, 0) is 17.7 Å². The van der Waals surface area contributed by atoms with Crippen LogP contribution in [0.25, 0.3) is 5.65 Å². The first-order chi connectivity index (χ1) is 10.9. The second kappa shape index (κ2) is 5.73. The van der Waals surface area contributed by atoms with Crippen LogP contribution in [0.1, 0.15) is 5.56 Å². The minimum Gasteiger partial charge on any atom is -0.353 e. The molecule has 0 unspecified atom stereocenters. The zero-order chi connectivity index (χ0) is 14.8. The van der Waals surface area contributed by atoms with Crippen LogP contribution in [-0.4, -0.2) is 50.9 Å². The maximum absolute atomic E-state index is 4.57. The maximum Gasteiger partial charge on any atom is 0.177 e. The fraction of sp³-hybridized carbons (Fsp3) is 0.312. The van der Waals surface area contributed by atoms with Crippen molar-refractivity contribution in [3.8, 4) is 0 Å². The topological polar surface area (TPSA) is 49.6 Å². The van der Waals surface area contributed by atoms with Gasteiger partial charge in [0.1, 0.15) is 12.1 Å². The molecule has 112 valence electrons. The first-order valence-electron chi connectivity index (χ1n) is 7.57. The molecule has 0 amide bonds. The fourth-order valence-electron chi connectivity index (χ4n) is 2.86. The van der Waals surface area contributed by atoms with E-state index in [1.54, 1.807) is 10.8 Å². The molecule has 0 aliphatic carbocycles. The molecule has 6 nitrogen and oxygen atoms in total. The summed E-state index contributed by atoms with van der Waals surface area (Å²) in [5.41, 5.74) is 2.16. The van der Waals surface area contributed by atoms with Crippen molar-refractivity contribution in [2.24, 2.45) is 0 Å². The molecule has 3 aromatic rings. The third-order valence-electron chi connectivity index (χ3n) is 4.09. The lowest BCUT2D eigenvalue weighted by molar-refractivity contribution is 0.249. The number of hydrogen-bond acceptors (Lipinski definition) is 5.